The van der Waals surface area contributed by atoms with E-state index in [0.29, 0.717) is 21.6 Å². The number of hydrogen-bond donors (Lipinski definition) is 1. The largest absolute Gasteiger partial charge is 0.299 e. The Labute approximate surface area is 173 Å². The molecular weight excluding hydrogens is 387 g/mol. The Morgan fingerprint density at radius 2 is 1.79 bits per heavy atom. The number of carbonyl (C=O) groups is 1. The molecular formula is C22H23FN4OS. The summed E-state index contributed by atoms with van der Waals surface area (Å²) in [7, 11) is 0. The first-order valence-corrected chi connectivity index (χ1v) is 10.6. The first-order chi connectivity index (χ1) is 14.1. The third-order valence-electron chi connectivity index (χ3n) is 5.31. The van der Waals surface area contributed by atoms with Crippen molar-refractivity contribution < 1.29 is 9.18 Å². The lowest BCUT2D eigenvalue weighted by molar-refractivity contribution is -0.122. The van der Waals surface area contributed by atoms with Gasteiger partial charge in [-0.05, 0) is 49.5 Å². The predicted octanol–water partition coefficient (Wildman–Crippen LogP) is 4.76. The number of amides is 1. The molecule has 1 amide bonds. The van der Waals surface area contributed by atoms with Gasteiger partial charge in [-0.1, -0.05) is 60.7 Å². The van der Waals surface area contributed by atoms with Crippen molar-refractivity contribution in [3.63, 3.8) is 0 Å². The minimum absolute atomic E-state index is 0.137. The fourth-order valence-electron chi connectivity index (χ4n) is 3.64. The standard InChI is InChI=1S/C22H23FN4OS/c1-15-11-13-27(14-12-15)19(16-7-3-2-4-8-16)20(28)24-22-26-25-21(29-22)17-9-5-6-10-18(17)23/h2-10,15,19H,11-14H2,1H3,(H,24,26,28)/t19-/m0/s1. The number of aromatic nitrogens is 2. The molecule has 29 heavy (non-hydrogen) atoms. The topological polar surface area (TPSA) is 58.1 Å². The van der Waals surface area contributed by atoms with Crippen LogP contribution in [-0.4, -0.2) is 34.1 Å². The van der Waals surface area contributed by atoms with Crippen molar-refractivity contribution in [1.82, 2.24) is 15.1 Å². The number of carbonyl (C=O) groups excluding carboxylic acids is 1. The van der Waals surface area contributed by atoms with Crippen LogP contribution in [0, 0.1) is 11.7 Å². The van der Waals surface area contributed by atoms with Gasteiger partial charge in [0.2, 0.25) is 11.0 Å². The van der Waals surface area contributed by atoms with Crippen LogP contribution in [0.25, 0.3) is 10.6 Å². The number of anilines is 1. The van der Waals surface area contributed by atoms with Crippen LogP contribution in [0.2, 0.25) is 0 Å². The van der Waals surface area contributed by atoms with Crippen molar-refractivity contribution >= 4 is 22.4 Å². The summed E-state index contributed by atoms with van der Waals surface area (Å²) in [5, 5.41) is 11.8. The van der Waals surface area contributed by atoms with Crippen molar-refractivity contribution in [1.29, 1.82) is 0 Å². The first-order valence-electron chi connectivity index (χ1n) is 9.80. The van der Waals surface area contributed by atoms with E-state index in [0.717, 1.165) is 31.5 Å². The molecule has 1 aliphatic heterocycles. The highest BCUT2D eigenvalue weighted by atomic mass is 32.1. The Kier molecular flexibility index (Phi) is 5.97. The van der Waals surface area contributed by atoms with Crippen LogP contribution in [0.4, 0.5) is 9.52 Å². The number of piperidine rings is 1. The molecule has 1 atom stereocenters. The second-order valence-electron chi connectivity index (χ2n) is 7.41. The number of nitrogens with one attached hydrogen (secondary N) is 1. The molecule has 2 heterocycles. The summed E-state index contributed by atoms with van der Waals surface area (Å²) in [5.41, 5.74) is 1.34. The van der Waals surface area contributed by atoms with Crippen molar-refractivity contribution in [3.8, 4) is 10.6 Å². The summed E-state index contributed by atoms with van der Waals surface area (Å²) in [5.74, 6) is 0.185. The smallest absolute Gasteiger partial charge is 0.248 e. The molecule has 3 aromatic rings. The molecule has 2 aromatic carbocycles. The van der Waals surface area contributed by atoms with Crippen LogP contribution in [0.15, 0.2) is 54.6 Å². The number of nitrogens with zero attached hydrogens (tertiary/aromatic N) is 3. The first kappa shape index (κ1) is 19.7. The Hall–Kier alpha value is -2.64. The molecule has 0 unspecified atom stereocenters. The monoisotopic (exact) mass is 410 g/mol. The fraction of sp³-hybridized carbons (Fsp3) is 0.318. The molecule has 1 aromatic heterocycles. The Balaban J connectivity index is 1.55. The summed E-state index contributed by atoms with van der Waals surface area (Å²) in [4.78, 5) is 15.4. The van der Waals surface area contributed by atoms with E-state index >= 15 is 0 Å². The average molecular weight is 411 g/mol. The molecule has 0 aliphatic carbocycles. The van der Waals surface area contributed by atoms with Gasteiger partial charge in [-0.2, -0.15) is 0 Å². The van der Waals surface area contributed by atoms with Gasteiger partial charge < -0.3 is 0 Å². The number of halogens is 1. The SMILES string of the molecule is CC1CCN([C@H](C(=O)Nc2nnc(-c3ccccc3F)s2)c2ccccc2)CC1. The average Bonchev–Trinajstić information content (AvgIpc) is 3.19. The second kappa shape index (κ2) is 8.80. The molecule has 0 bridgehead atoms. The number of rotatable bonds is 5. The quantitative estimate of drug-likeness (QED) is 0.659. The molecule has 4 rings (SSSR count). The molecule has 1 saturated heterocycles. The summed E-state index contributed by atoms with van der Waals surface area (Å²) in [6.45, 7) is 4.01. The van der Waals surface area contributed by atoms with E-state index < -0.39 is 0 Å². The fourth-order valence-corrected chi connectivity index (χ4v) is 4.41. The molecule has 150 valence electrons. The van der Waals surface area contributed by atoms with E-state index in [1.165, 1.54) is 17.4 Å². The van der Waals surface area contributed by atoms with Crippen molar-refractivity contribution in [2.24, 2.45) is 5.92 Å². The van der Waals surface area contributed by atoms with Crippen LogP contribution in [-0.2, 0) is 4.79 Å². The van der Waals surface area contributed by atoms with Gasteiger partial charge in [0.05, 0.1) is 0 Å². The summed E-state index contributed by atoms with van der Waals surface area (Å²) in [6, 6.07) is 15.8. The summed E-state index contributed by atoms with van der Waals surface area (Å²) < 4.78 is 14.0. The van der Waals surface area contributed by atoms with E-state index in [2.05, 4.69) is 27.3 Å². The lowest BCUT2D eigenvalue weighted by atomic mass is 9.95. The highest BCUT2D eigenvalue weighted by Gasteiger charge is 2.30. The van der Waals surface area contributed by atoms with Crippen molar-refractivity contribution in [2.75, 3.05) is 18.4 Å². The molecule has 0 saturated carbocycles. The zero-order valence-electron chi connectivity index (χ0n) is 16.2. The van der Waals surface area contributed by atoms with Gasteiger partial charge in [-0.3, -0.25) is 15.0 Å². The molecule has 0 spiro atoms. The summed E-state index contributed by atoms with van der Waals surface area (Å²) in [6.07, 6.45) is 2.15. The third-order valence-corrected chi connectivity index (χ3v) is 6.18. The number of likely N-dealkylation sites (tertiary alicyclic amines) is 1. The predicted molar refractivity (Wildman–Crippen MR) is 113 cm³/mol. The minimum Gasteiger partial charge on any atom is -0.299 e. The Bertz CT molecular complexity index is 970. The maximum Gasteiger partial charge on any atom is 0.248 e. The van der Waals surface area contributed by atoms with Crippen LogP contribution >= 0.6 is 11.3 Å². The van der Waals surface area contributed by atoms with Crippen LogP contribution in [0.1, 0.15) is 31.4 Å². The second-order valence-corrected chi connectivity index (χ2v) is 8.39. The Morgan fingerprint density at radius 3 is 2.52 bits per heavy atom. The molecule has 1 N–H and O–H groups in total. The maximum absolute atomic E-state index is 14.0. The highest BCUT2D eigenvalue weighted by Crippen LogP contribution is 2.31. The van der Waals surface area contributed by atoms with E-state index in [4.69, 9.17) is 0 Å². The van der Waals surface area contributed by atoms with Gasteiger partial charge in [0, 0.05) is 5.56 Å². The minimum atomic E-state index is -0.385. The lowest BCUT2D eigenvalue weighted by Gasteiger charge is -2.35. The van der Waals surface area contributed by atoms with Gasteiger partial charge in [0.1, 0.15) is 11.9 Å². The van der Waals surface area contributed by atoms with Crippen LogP contribution in [0.3, 0.4) is 0 Å². The molecule has 1 fully saturated rings. The van der Waals surface area contributed by atoms with Crippen molar-refractivity contribution in [2.45, 2.75) is 25.8 Å². The molecule has 5 nitrogen and oxygen atoms in total. The van der Waals surface area contributed by atoms with Gasteiger partial charge in [0.25, 0.3) is 0 Å². The maximum atomic E-state index is 14.0. The van der Waals surface area contributed by atoms with Gasteiger partial charge >= 0.3 is 0 Å². The van der Waals surface area contributed by atoms with Gasteiger partial charge in [-0.25, -0.2) is 4.39 Å². The summed E-state index contributed by atoms with van der Waals surface area (Å²) >= 11 is 1.18. The zero-order chi connectivity index (χ0) is 20.2. The van der Waals surface area contributed by atoms with Crippen LogP contribution in [0.5, 0.6) is 0 Å². The van der Waals surface area contributed by atoms with E-state index in [-0.39, 0.29) is 17.8 Å². The number of hydrogen-bond acceptors (Lipinski definition) is 5. The van der Waals surface area contributed by atoms with Gasteiger partial charge in [-0.15, -0.1) is 10.2 Å². The zero-order valence-corrected chi connectivity index (χ0v) is 17.0. The van der Waals surface area contributed by atoms with Crippen molar-refractivity contribution in [3.05, 3.63) is 66.0 Å². The van der Waals surface area contributed by atoms with Gasteiger partial charge in [0.15, 0.2) is 5.01 Å². The van der Waals surface area contributed by atoms with Crippen LogP contribution < -0.4 is 5.32 Å². The van der Waals surface area contributed by atoms with E-state index in [9.17, 15) is 9.18 Å². The molecule has 0 radical (unpaired) electrons. The normalized spacial score (nSPS) is 16.5. The highest BCUT2D eigenvalue weighted by molar-refractivity contribution is 7.18. The Morgan fingerprint density at radius 1 is 1.10 bits per heavy atom. The lowest BCUT2D eigenvalue weighted by Crippen LogP contribution is -2.41. The molecule has 7 heteroatoms. The van der Waals surface area contributed by atoms with E-state index in [1.807, 2.05) is 30.3 Å². The van der Waals surface area contributed by atoms with E-state index in [1.54, 1.807) is 18.2 Å². The third kappa shape index (κ3) is 4.52. The molecule has 1 aliphatic rings. The number of benzene rings is 2.